The molecule has 6 heteroatoms. The minimum absolute atomic E-state index is 0.0731. The summed E-state index contributed by atoms with van der Waals surface area (Å²) in [6.07, 6.45) is 0.0806. The van der Waals surface area contributed by atoms with E-state index in [-0.39, 0.29) is 18.6 Å². The molecule has 0 atom stereocenters. The van der Waals surface area contributed by atoms with Crippen LogP contribution in [0.15, 0.2) is 45.3 Å². The smallest absolute Gasteiger partial charge is 0.262 e. The van der Waals surface area contributed by atoms with Gasteiger partial charge in [0.25, 0.3) is 5.91 Å². The molecule has 0 unspecified atom stereocenters. The van der Waals surface area contributed by atoms with E-state index >= 15 is 0 Å². The Morgan fingerprint density at radius 2 is 1.96 bits per heavy atom. The molecule has 0 radical (unpaired) electrons. The number of nitrogens with one attached hydrogen (secondary N) is 1. The van der Waals surface area contributed by atoms with E-state index in [0.29, 0.717) is 11.4 Å². The fourth-order valence-corrected chi connectivity index (χ4v) is 3.68. The van der Waals surface area contributed by atoms with Gasteiger partial charge < -0.3 is 14.8 Å². The summed E-state index contributed by atoms with van der Waals surface area (Å²) in [7, 11) is 0. The molecule has 1 amide bonds. The quantitative estimate of drug-likeness (QED) is 0.639. The van der Waals surface area contributed by atoms with Crippen LogP contribution in [0.4, 0.5) is 5.69 Å². The van der Waals surface area contributed by atoms with E-state index in [4.69, 9.17) is 9.47 Å². The highest BCUT2D eigenvalue weighted by Crippen LogP contribution is 2.32. The molecule has 0 spiro atoms. The van der Waals surface area contributed by atoms with Crippen LogP contribution in [0.5, 0.6) is 11.5 Å². The number of halogens is 2. The van der Waals surface area contributed by atoms with Crippen LogP contribution in [0.2, 0.25) is 0 Å². The summed E-state index contributed by atoms with van der Waals surface area (Å²) in [6, 6.07) is 11.1. The first kappa shape index (κ1) is 18.8. The van der Waals surface area contributed by atoms with Crippen LogP contribution < -0.4 is 14.8 Å². The van der Waals surface area contributed by atoms with E-state index < -0.39 is 0 Å². The van der Waals surface area contributed by atoms with Gasteiger partial charge in [-0.25, -0.2) is 0 Å². The number of hydrogen-bond donors (Lipinski definition) is 1. The van der Waals surface area contributed by atoms with Crippen molar-refractivity contribution in [2.75, 3.05) is 11.9 Å². The molecule has 0 aliphatic rings. The Kier molecular flexibility index (Phi) is 6.69. The molecule has 2 rings (SSSR count). The van der Waals surface area contributed by atoms with Gasteiger partial charge >= 0.3 is 0 Å². The van der Waals surface area contributed by atoms with Gasteiger partial charge in [-0.15, -0.1) is 0 Å². The standard InChI is InChI=1S/C18H19Br2NO3/c1-11(2)24-15-6-4-5-14(9-15)21-17(22)10-23-18-12(3)7-13(19)8-16(18)20/h4-9,11H,10H2,1-3H3,(H,21,22). The average Bonchev–Trinajstić information content (AvgIpc) is 2.45. The first-order valence-electron chi connectivity index (χ1n) is 7.50. The molecule has 0 saturated heterocycles. The maximum atomic E-state index is 12.1. The maximum absolute atomic E-state index is 12.1. The highest BCUT2D eigenvalue weighted by Gasteiger charge is 2.10. The van der Waals surface area contributed by atoms with Crippen molar-refractivity contribution in [1.82, 2.24) is 0 Å². The first-order valence-corrected chi connectivity index (χ1v) is 9.09. The first-order chi connectivity index (χ1) is 11.3. The van der Waals surface area contributed by atoms with Gasteiger partial charge in [0.1, 0.15) is 11.5 Å². The van der Waals surface area contributed by atoms with E-state index in [1.807, 2.05) is 51.1 Å². The number of rotatable bonds is 6. The van der Waals surface area contributed by atoms with Crippen molar-refractivity contribution in [2.45, 2.75) is 26.9 Å². The topological polar surface area (TPSA) is 47.6 Å². The summed E-state index contributed by atoms with van der Waals surface area (Å²) in [5.41, 5.74) is 1.62. The second kappa shape index (κ2) is 8.53. The van der Waals surface area contributed by atoms with Crippen LogP contribution >= 0.6 is 31.9 Å². The van der Waals surface area contributed by atoms with E-state index in [1.165, 1.54) is 0 Å². The molecule has 2 aromatic carbocycles. The Hall–Kier alpha value is -1.53. The number of amides is 1. The van der Waals surface area contributed by atoms with Gasteiger partial charge in [0.15, 0.2) is 6.61 Å². The van der Waals surface area contributed by atoms with Gasteiger partial charge in [0, 0.05) is 16.2 Å². The molecule has 0 fully saturated rings. The van der Waals surface area contributed by atoms with Crippen LogP contribution in [-0.2, 0) is 4.79 Å². The summed E-state index contributed by atoms with van der Waals surface area (Å²) in [4.78, 5) is 12.1. The number of carbonyl (C=O) groups is 1. The SMILES string of the molecule is Cc1cc(Br)cc(Br)c1OCC(=O)Nc1cccc(OC(C)C)c1. The van der Waals surface area contributed by atoms with Crippen LogP contribution in [-0.4, -0.2) is 18.6 Å². The fraction of sp³-hybridized carbons (Fsp3) is 0.278. The zero-order chi connectivity index (χ0) is 17.7. The minimum Gasteiger partial charge on any atom is -0.491 e. The number of aryl methyl sites for hydroxylation is 1. The largest absolute Gasteiger partial charge is 0.491 e. The normalized spacial score (nSPS) is 10.6. The van der Waals surface area contributed by atoms with Gasteiger partial charge in [-0.2, -0.15) is 0 Å². The highest BCUT2D eigenvalue weighted by atomic mass is 79.9. The van der Waals surface area contributed by atoms with Gasteiger partial charge in [-0.05, 0) is 66.5 Å². The van der Waals surface area contributed by atoms with Gasteiger partial charge in [0.2, 0.25) is 0 Å². The lowest BCUT2D eigenvalue weighted by molar-refractivity contribution is -0.118. The molecule has 0 bridgehead atoms. The Morgan fingerprint density at radius 1 is 1.21 bits per heavy atom. The van der Waals surface area contributed by atoms with Gasteiger partial charge in [-0.1, -0.05) is 22.0 Å². The summed E-state index contributed by atoms with van der Waals surface area (Å²) in [5.74, 6) is 1.14. The predicted octanol–water partition coefficient (Wildman–Crippen LogP) is 5.32. The molecule has 2 aromatic rings. The number of carbonyl (C=O) groups excluding carboxylic acids is 1. The third kappa shape index (κ3) is 5.53. The van der Waals surface area contributed by atoms with E-state index in [2.05, 4.69) is 37.2 Å². The fourth-order valence-electron chi connectivity index (χ4n) is 2.13. The second-order valence-electron chi connectivity index (χ2n) is 5.56. The van der Waals surface area contributed by atoms with Crippen LogP contribution in [0.3, 0.4) is 0 Å². The Morgan fingerprint density at radius 3 is 2.62 bits per heavy atom. The third-order valence-corrected chi connectivity index (χ3v) is 4.08. The third-order valence-electron chi connectivity index (χ3n) is 3.03. The van der Waals surface area contributed by atoms with Crippen molar-refractivity contribution in [3.05, 3.63) is 50.9 Å². The average molecular weight is 457 g/mol. The van der Waals surface area contributed by atoms with Crippen molar-refractivity contribution < 1.29 is 14.3 Å². The maximum Gasteiger partial charge on any atom is 0.262 e. The molecule has 1 N–H and O–H groups in total. The Bertz CT molecular complexity index is 709. The summed E-state index contributed by atoms with van der Waals surface area (Å²) in [6.45, 7) is 5.76. The van der Waals surface area contributed by atoms with Gasteiger partial charge in [-0.3, -0.25) is 4.79 Å². The molecule has 128 valence electrons. The molecule has 0 aliphatic heterocycles. The molecule has 0 heterocycles. The molecular weight excluding hydrogens is 438 g/mol. The number of ether oxygens (including phenoxy) is 2. The Labute approximate surface area is 158 Å². The number of hydrogen-bond acceptors (Lipinski definition) is 3. The van der Waals surface area contributed by atoms with Crippen LogP contribution in [0, 0.1) is 6.92 Å². The van der Waals surface area contributed by atoms with Crippen molar-refractivity contribution in [3.8, 4) is 11.5 Å². The van der Waals surface area contributed by atoms with Crippen LogP contribution in [0.1, 0.15) is 19.4 Å². The number of benzene rings is 2. The molecule has 0 saturated carbocycles. The lowest BCUT2D eigenvalue weighted by Gasteiger charge is -2.13. The molecule has 4 nitrogen and oxygen atoms in total. The van der Waals surface area contributed by atoms with Crippen molar-refractivity contribution in [1.29, 1.82) is 0 Å². The van der Waals surface area contributed by atoms with E-state index in [1.54, 1.807) is 6.07 Å². The van der Waals surface area contributed by atoms with Crippen molar-refractivity contribution in [2.24, 2.45) is 0 Å². The zero-order valence-corrected chi connectivity index (χ0v) is 16.9. The highest BCUT2D eigenvalue weighted by molar-refractivity contribution is 9.11. The molecular formula is C18H19Br2NO3. The van der Waals surface area contributed by atoms with Crippen molar-refractivity contribution in [3.63, 3.8) is 0 Å². The summed E-state index contributed by atoms with van der Waals surface area (Å²) < 4.78 is 13.0. The number of anilines is 1. The molecule has 0 aromatic heterocycles. The minimum atomic E-state index is -0.231. The van der Waals surface area contributed by atoms with E-state index in [9.17, 15) is 4.79 Å². The molecule has 0 aliphatic carbocycles. The van der Waals surface area contributed by atoms with Crippen molar-refractivity contribution >= 4 is 43.5 Å². The van der Waals surface area contributed by atoms with Crippen LogP contribution in [0.25, 0.3) is 0 Å². The second-order valence-corrected chi connectivity index (χ2v) is 7.33. The molecule has 24 heavy (non-hydrogen) atoms. The zero-order valence-electron chi connectivity index (χ0n) is 13.7. The Balaban J connectivity index is 1.97. The monoisotopic (exact) mass is 455 g/mol. The predicted molar refractivity (Wildman–Crippen MR) is 103 cm³/mol. The lowest BCUT2D eigenvalue weighted by atomic mass is 10.2. The summed E-state index contributed by atoms with van der Waals surface area (Å²) >= 11 is 6.86. The summed E-state index contributed by atoms with van der Waals surface area (Å²) in [5, 5.41) is 2.81. The van der Waals surface area contributed by atoms with Gasteiger partial charge in [0.05, 0.1) is 10.6 Å². The van der Waals surface area contributed by atoms with E-state index in [0.717, 1.165) is 20.3 Å². The lowest BCUT2D eigenvalue weighted by Crippen LogP contribution is -2.20.